The Kier molecular flexibility index (Phi) is 5.07. The number of nitrogens with one attached hydrogen (secondary N) is 1. The van der Waals surface area contributed by atoms with E-state index in [4.69, 9.17) is 4.74 Å². The number of benzene rings is 1. The molecule has 27 heavy (non-hydrogen) atoms. The Hall–Kier alpha value is -2.65. The zero-order chi connectivity index (χ0) is 19.8. The van der Waals surface area contributed by atoms with Gasteiger partial charge in [0.1, 0.15) is 11.3 Å². The minimum Gasteiger partial charge on any atom is -0.493 e. The average Bonchev–Trinajstić information content (AvgIpc) is 2.91. The summed E-state index contributed by atoms with van der Waals surface area (Å²) in [6.07, 6.45) is 1.63. The molecule has 2 N–H and O–H groups in total. The summed E-state index contributed by atoms with van der Waals surface area (Å²) in [6.45, 7) is 6.00. The van der Waals surface area contributed by atoms with Gasteiger partial charge in [-0.05, 0) is 50.1 Å². The van der Waals surface area contributed by atoms with Gasteiger partial charge in [-0.1, -0.05) is 13.3 Å². The monoisotopic (exact) mass is 391 g/mol. The van der Waals surface area contributed by atoms with E-state index in [0.717, 1.165) is 24.1 Å². The first-order valence-electron chi connectivity index (χ1n) is 8.62. The van der Waals surface area contributed by atoms with Crippen LogP contribution in [0.5, 0.6) is 5.75 Å². The second-order valence-electron chi connectivity index (χ2n) is 6.20. The van der Waals surface area contributed by atoms with Gasteiger partial charge >= 0.3 is 0 Å². The van der Waals surface area contributed by atoms with Crippen molar-refractivity contribution in [3.8, 4) is 17.1 Å². The van der Waals surface area contributed by atoms with Crippen LogP contribution < -0.4 is 10.3 Å². The van der Waals surface area contributed by atoms with E-state index in [0.29, 0.717) is 17.9 Å². The summed E-state index contributed by atoms with van der Waals surface area (Å²) in [6, 6.07) is 5.83. The van der Waals surface area contributed by atoms with Crippen molar-refractivity contribution in [2.45, 2.75) is 38.5 Å². The van der Waals surface area contributed by atoms with E-state index in [1.807, 2.05) is 19.9 Å². The number of aromatic nitrogens is 3. The van der Waals surface area contributed by atoms with Crippen LogP contribution in [0.1, 0.15) is 31.5 Å². The van der Waals surface area contributed by atoms with E-state index in [9.17, 15) is 17.8 Å². The van der Waals surface area contributed by atoms with Crippen molar-refractivity contribution in [1.29, 1.82) is 0 Å². The molecule has 0 aliphatic rings. The van der Waals surface area contributed by atoms with Crippen LogP contribution in [0.25, 0.3) is 16.9 Å². The highest BCUT2D eigenvalue weighted by molar-refractivity contribution is 7.85. The second-order valence-corrected chi connectivity index (χ2v) is 7.62. The van der Waals surface area contributed by atoms with E-state index in [2.05, 4.69) is 10.1 Å². The van der Waals surface area contributed by atoms with E-state index in [1.165, 1.54) is 18.2 Å². The van der Waals surface area contributed by atoms with Crippen LogP contribution in [0.3, 0.4) is 0 Å². The van der Waals surface area contributed by atoms with Gasteiger partial charge in [0.15, 0.2) is 5.82 Å². The molecule has 0 bridgehead atoms. The highest BCUT2D eigenvalue weighted by atomic mass is 32.2. The smallest absolute Gasteiger partial charge is 0.294 e. The van der Waals surface area contributed by atoms with Gasteiger partial charge in [0.05, 0.1) is 17.1 Å². The maximum Gasteiger partial charge on any atom is 0.294 e. The first-order chi connectivity index (χ1) is 12.8. The quantitative estimate of drug-likeness (QED) is 0.624. The Morgan fingerprint density at radius 2 is 2.00 bits per heavy atom. The van der Waals surface area contributed by atoms with Crippen molar-refractivity contribution in [3.63, 3.8) is 0 Å². The molecule has 0 spiro atoms. The third-order valence-electron chi connectivity index (χ3n) is 4.20. The summed E-state index contributed by atoms with van der Waals surface area (Å²) in [5, 5.41) is 4.52. The molecule has 0 atom stereocenters. The van der Waals surface area contributed by atoms with Gasteiger partial charge in [0, 0.05) is 5.69 Å². The van der Waals surface area contributed by atoms with Gasteiger partial charge in [-0.3, -0.25) is 9.35 Å². The Bertz CT molecular complexity index is 1160. The van der Waals surface area contributed by atoms with Crippen LogP contribution >= 0.6 is 0 Å². The molecule has 9 heteroatoms. The van der Waals surface area contributed by atoms with E-state index in [1.54, 1.807) is 11.4 Å². The number of aromatic amines is 1. The number of hydrogen-bond acceptors (Lipinski definition) is 5. The van der Waals surface area contributed by atoms with E-state index >= 15 is 0 Å². The fraction of sp³-hybridized carbons (Fsp3) is 0.333. The topological polar surface area (TPSA) is 114 Å². The van der Waals surface area contributed by atoms with Gasteiger partial charge in [-0.25, -0.2) is 4.52 Å². The van der Waals surface area contributed by atoms with Crippen molar-refractivity contribution in [1.82, 2.24) is 14.6 Å². The molecule has 0 aliphatic heterocycles. The number of aryl methyl sites for hydroxylation is 2. The summed E-state index contributed by atoms with van der Waals surface area (Å²) in [7, 11) is -4.41. The molecular weight excluding hydrogens is 370 g/mol. The minimum atomic E-state index is -4.41. The van der Waals surface area contributed by atoms with Gasteiger partial charge in [-0.2, -0.15) is 8.42 Å². The number of hydrogen-bond donors (Lipinski definition) is 2. The number of ether oxygens (including phenoxy) is 1. The summed E-state index contributed by atoms with van der Waals surface area (Å²) in [4.78, 5) is 15.0. The minimum absolute atomic E-state index is 0.161. The van der Waals surface area contributed by atoms with Crippen molar-refractivity contribution in [2.75, 3.05) is 6.61 Å². The fourth-order valence-corrected chi connectivity index (χ4v) is 3.57. The number of H-pyrrole nitrogens is 1. The third-order valence-corrected chi connectivity index (χ3v) is 5.05. The predicted molar refractivity (Wildman–Crippen MR) is 101 cm³/mol. The number of fused-ring (bicyclic) bond motifs is 1. The van der Waals surface area contributed by atoms with Gasteiger partial charge in [0.25, 0.3) is 15.7 Å². The lowest BCUT2D eigenvalue weighted by atomic mass is 10.2. The normalized spacial score (nSPS) is 11.9. The molecule has 2 aromatic heterocycles. The molecule has 1 aromatic carbocycles. The highest BCUT2D eigenvalue weighted by Crippen LogP contribution is 2.30. The Morgan fingerprint density at radius 1 is 1.26 bits per heavy atom. The lowest BCUT2D eigenvalue weighted by Crippen LogP contribution is -2.16. The van der Waals surface area contributed by atoms with Crippen LogP contribution in [-0.4, -0.2) is 34.2 Å². The fourth-order valence-electron chi connectivity index (χ4n) is 3.06. The molecule has 0 unspecified atom stereocenters. The standard InChI is InChI=1S/C18H21N3O5S/c1-4-6-12-9-11(3)16-18(22)19-17(20-21(12)16)14-10-13(27(23,24)25)7-8-15(14)26-5-2/h7-10H,4-6H2,1-3H3,(H,19,20,22)(H,23,24,25). The van der Waals surface area contributed by atoms with Crippen molar-refractivity contribution in [2.24, 2.45) is 0 Å². The van der Waals surface area contributed by atoms with Crippen molar-refractivity contribution >= 4 is 15.6 Å². The van der Waals surface area contributed by atoms with Gasteiger partial charge < -0.3 is 9.72 Å². The van der Waals surface area contributed by atoms with E-state index in [-0.39, 0.29) is 21.8 Å². The molecule has 0 saturated carbocycles. The van der Waals surface area contributed by atoms with Crippen LogP contribution in [0, 0.1) is 6.92 Å². The molecule has 0 saturated heterocycles. The molecule has 0 radical (unpaired) electrons. The molecule has 3 aromatic rings. The second kappa shape index (κ2) is 7.16. The summed E-state index contributed by atoms with van der Waals surface area (Å²) in [5.74, 6) is 0.516. The van der Waals surface area contributed by atoms with E-state index < -0.39 is 10.1 Å². The molecule has 8 nitrogen and oxygen atoms in total. The lowest BCUT2D eigenvalue weighted by molar-refractivity contribution is 0.341. The van der Waals surface area contributed by atoms with Crippen molar-refractivity contribution in [3.05, 3.63) is 45.9 Å². The lowest BCUT2D eigenvalue weighted by Gasteiger charge is -2.11. The molecule has 3 rings (SSSR count). The first kappa shape index (κ1) is 19.1. The largest absolute Gasteiger partial charge is 0.493 e. The van der Waals surface area contributed by atoms with Gasteiger partial charge in [-0.15, -0.1) is 5.10 Å². The maximum atomic E-state index is 12.6. The van der Waals surface area contributed by atoms with Crippen LogP contribution in [0.15, 0.2) is 34.0 Å². The molecule has 144 valence electrons. The van der Waals surface area contributed by atoms with Crippen molar-refractivity contribution < 1.29 is 17.7 Å². The zero-order valence-corrected chi connectivity index (χ0v) is 16.1. The molecule has 0 amide bonds. The van der Waals surface area contributed by atoms with Crippen LogP contribution in [0.4, 0.5) is 0 Å². The van der Waals surface area contributed by atoms with Crippen LogP contribution in [-0.2, 0) is 16.5 Å². The molecule has 0 aliphatic carbocycles. The maximum absolute atomic E-state index is 12.6. The molecular formula is C18H21N3O5S. The third kappa shape index (κ3) is 3.60. The molecule has 0 fully saturated rings. The Balaban J connectivity index is 2.31. The average molecular weight is 391 g/mol. The Morgan fingerprint density at radius 3 is 2.63 bits per heavy atom. The molecule has 2 heterocycles. The summed E-state index contributed by atoms with van der Waals surface area (Å²) >= 11 is 0. The van der Waals surface area contributed by atoms with Crippen LogP contribution in [0.2, 0.25) is 0 Å². The first-order valence-corrected chi connectivity index (χ1v) is 10.1. The number of rotatable bonds is 6. The predicted octanol–water partition coefficient (Wildman–Crippen LogP) is 2.60. The summed E-state index contributed by atoms with van der Waals surface area (Å²) < 4.78 is 39.5. The highest BCUT2D eigenvalue weighted by Gasteiger charge is 2.19. The Labute approximate surface area is 156 Å². The zero-order valence-electron chi connectivity index (χ0n) is 15.3. The summed E-state index contributed by atoms with van der Waals surface area (Å²) in [5.41, 5.74) is 2.10. The number of nitrogens with zero attached hydrogens (tertiary/aromatic N) is 2. The SMILES string of the molecule is CCCc1cc(C)c2c(=O)[nH]c(-c3cc(S(=O)(=O)O)ccc3OCC)nn12. The van der Waals surface area contributed by atoms with Gasteiger partial charge in [0.2, 0.25) is 0 Å².